The van der Waals surface area contributed by atoms with Crippen molar-refractivity contribution in [3.63, 3.8) is 0 Å². The lowest BCUT2D eigenvalue weighted by atomic mass is 9.72. The van der Waals surface area contributed by atoms with Crippen molar-refractivity contribution < 1.29 is 10.2 Å². The number of anilines is 3. The second kappa shape index (κ2) is 15.5. The van der Waals surface area contributed by atoms with E-state index >= 15 is 0 Å². The molecular weight excluding hydrogens is 764 g/mol. The third kappa shape index (κ3) is 6.23. The third-order valence-corrected chi connectivity index (χ3v) is 12.8. The molecule has 0 bridgehead atoms. The molecule has 11 aromatic carbocycles. The average Bonchev–Trinajstić information content (AvgIpc) is 3.35. The number of aromatic hydroxyl groups is 2. The molecule has 11 aromatic rings. The van der Waals surface area contributed by atoms with Crippen LogP contribution >= 0.6 is 0 Å². The Bertz CT molecular complexity index is 3520. The molecule has 0 saturated heterocycles. The summed E-state index contributed by atoms with van der Waals surface area (Å²) in [5, 5.41) is 34.6. The van der Waals surface area contributed by atoms with Crippen molar-refractivity contribution in [1.82, 2.24) is 0 Å². The van der Waals surface area contributed by atoms with Crippen LogP contribution in [0.5, 0.6) is 11.5 Å². The molecule has 0 saturated carbocycles. The van der Waals surface area contributed by atoms with Crippen LogP contribution < -0.4 is 15.8 Å². The first-order valence-electron chi connectivity index (χ1n) is 21.5. The number of phenols is 2. The summed E-state index contributed by atoms with van der Waals surface area (Å²) < 4.78 is 0. The van der Waals surface area contributed by atoms with Gasteiger partial charge in [-0.05, 0) is 111 Å². The molecule has 2 N–H and O–H groups in total. The van der Waals surface area contributed by atoms with Crippen LogP contribution in [0.25, 0.3) is 87.6 Å². The first-order chi connectivity index (χ1) is 31.0. The van der Waals surface area contributed by atoms with Crippen LogP contribution in [-0.4, -0.2) is 25.9 Å². The summed E-state index contributed by atoms with van der Waals surface area (Å²) in [6.07, 6.45) is 0. The molecule has 0 spiro atoms. The average molecular weight is 806 g/mol. The van der Waals surface area contributed by atoms with E-state index in [1.165, 1.54) is 0 Å². The molecular formula is C58H41B2NO2. The summed E-state index contributed by atoms with van der Waals surface area (Å²) >= 11 is 0. The fraction of sp³-hybridized carbons (Fsp3) is 0. The Hall–Kier alpha value is -8.01. The van der Waals surface area contributed by atoms with E-state index < -0.39 is 0 Å². The van der Waals surface area contributed by atoms with Crippen molar-refractivity contribution in [3.05, 3.63) is 212 Å². The van der Waals surface area contributed by atoms with Crippen molar-refractivity contribution >= 4 is 86.8 Å². The summed E-state index contributed by atoms with van der Waals surface area (Å²) in [4.78, 5) is 2.05. The number of benzene rings is 11. The molecule has 0 radical (unpaired) electrons. The van der Waals surface area contributed by atoms with Gasteiger partial charge >= 0.3 is 0 Å². The van der Waals surface area contributed by atoms with Gasteiger partial charge < -0.3 is 15.1 Å². The smallest absolute Gasteiger partial charge is 0.145 e. The standard InChI is InChI=1S/C58H41B2NO2/c59-54-53(52-49-30-16-13-27-46(49)45-26-12-15-29-48(45)51(52)38-19-5-2-6-20-38)55(60)58(63)56(57(54)62)61(50-35-39-21-7-8-24-43(39)44-25-11-14-28-47(44)50)40-33-31-37(32-34-40)42-23-10-9-22-41(42)36-17-3-1-4-18-36/h1-35,62-63H,59-60H2. The summed E-state index contributed by atoms with van der Waals surface area (Å²) in [6.45, 7) is 0. The molecule has 0 fully saturated rings. The summed E-state index contributed by atoms with van der Waals surface area (Å²) in [6, 6.07) is 73.9. The van der Waals surface area contributed by atoms with Gasteiger partial charge in [0.2, 0.25) is 0 Å². The Morgan fingerprint density at radius 1 is 0.333 bits per heavy atom. The summed E-state index contributed by atoms with van der Waals surface area (Å²) in [7, 11) is 3.97. The molecule has 5 heteroatoms. The van der Waals surface area contributed by atoms with Crippen molar-refractivity contribution in [3.8, 4) is 56.0 Å². The molecule has 0 aliphatic heterocycles. The van der Waals surface area contributed by atoms with E-state index in [-0.39, 0.29) is 11.5 Å². The topological polar surface area (TPSA) is 43.7 Å². The Balaban J connectivity index is 1.19. The fourth-order valence-corrected chi connectivity index (χ4v) is 9.88. The molecule has 63 heavy (non-hydrogen) atoms. The third-order valence-electron chi connectivity index (χ3n) is 12.8. The Kier molecular flexibility index (Phi) is 9.32. The SMILES string of the molecule is Bc1c(O)c(N(c2ccc(-c3ccccc3-c3ccccc3)cc2)c2cc3ccccc3c3ccccc23)c(O)c(B)c1-c1c(-c2ccccc2)c2ccccc2c2ccccc12. The molecule has 0 aliphatic carbocycles. The summed E-state index contributed by atoms with van der Waals surface area (Å²) in [5.74, 6) is 0.0279. The van der Waals surface area contributed by atoms with Gasteiger partial charge in [0.25, 0.3) is 0 Å². The molecule has 11 rings (SSSR count). The lowest BCUT2D eigenvalue weighted by Gasteiger charge is -2.31. The molecule has 0 amide bonds. The molecule has 296 valence electrons. The van der Waals surface area contributed by atoms with E-state index in [1.807, 2.05) is 32.7 Å². The highest BCUT2D eigenvalue weighted by molar-refractivity contribution is 6.49. The van der Waals surface area contributed by atoms with Crippen LogP contribution in [0.2, 0.25) is 0 Å². The van der Waals surface area contributed by atoms with Gasteiger partial charge in [-0.3, -0.25) is 0 Å². The number of fused-ring (bicyclic) bond motifs is 6. The molecule has 0 atom stereocenters. The molecule has 0 heterocycles. The van der Waals surface area contributed by atoms with Crippen LogP contribution in [0, 0.1) is 0 Å². The van der Waals surface area contributed by atoms with Gasteiger partial charge in [-0.2, -0.15) is 0 Å². The number of nitrogens with zero attached hydrogens (tertiary/aromatic N) is 1. The highest BCUT2D eigenvalue weighted by atomic mass is 16.3. The van der Waals surface area contributed by atoms with Crippen LogP contribution in [0.15, 0.2) is 212 Å². The second-order valence-corrected chi connectivity index (χ2v) is 16.3. The van der Waals surface area contributed by atoms with Gasteiger partial charge in [0, 0.05) is 11.1 Å². The van der Waals surface area contributed by atoms with E-state index in [0.717, 1.165) is 99.0 Å². The predicted molar refractivity (Wildman–Crippen MR) is 273 cm³/mol. The maximum absolute atomic E-state index is 13.0. The number of hydrogen-bond acceptors (Lipinski definition) is 3. The van der Waals surface area contributed by atoms with Gasteiger partial charge in [-0.25, -0.2) is 0 Å². The van der Waals surface area contributed by atoms with Gasteiger partial charge in [0.05, 0.1) is 5.69 Å². The van der Waals surface area contributed by atoms with Crippen LogP contribution in [-0.2, 0) is 0 Å². The number of hydrogen-bond donors (Lipinski definition) is 2. The van der Waals surface area contributed by atoms with Crippen LogP contribution in [0.4, 0.5) is 17.1 Å². The predicted octanol–water partition coefficient (Wildman–Crippen LogP) is 12.4. The van der Waals surface area contributed by atoms with E-state index in [4.69, 9.17) is 0 Å². The Morgan fingerprint density at radius 3 is 1.32 bits per heavy atom. The zero-order valence-electron chi connectivity index (χ0n) is 35.0. The molecule has 0 unspecified atom stereocenters. The maximum atomic E-state index is 13.0. The van der Waals surface area contributed by atoms with Crippen LogP contribution in [0.1, 0.15) is 0 Å². The molecule has 0 aliphatic rings. The van der Waals surface area contributed by atoms with Gasteiger partial charge in [0.15, 0.2) is 0 Å². The first-order valence-corrected chi connectivity index (χ1v) is 21.5. The number of phenolic OH excluding ortho intramolecular Hbond substituents is 2. The number of rotatable bonds is 7. The molecule has 3 nitrogen and oxygen atoms in total. The Morgan fingerprint density at radius 2 is 0.746 bits per heavy atom. The summed E-state index contributed by atoms with van der Waals surface area (Å²) in [5.41, 5.74) is 11.7. The van der Waals surface area contributed by atoms with E-state index in [9.17, 15) is 10.2 Å². The largest absolute Gasteiger partial charge is 0.506 e. The minimum Gasteiger partial charge on any atom is -0.506 e. The van der Waals surface area contributed by atoms with Gasteiger partial charge in [0.1, 0.15) is 32.9 Å². The quantitative estimate of drug-likeness (QED) is 0.125. The fourth-order valence-electron chi connectivity index (χ4n) is 9.88. The lowest BCUT2D eigenvalue weighted by molar-refractivity contribution is 0.458. The second-order valence-electron chi connectivity index (χ2n) is 16.3. The zero-order valence-corrected chi connectivity index (χ0v) is 35.0. The lowest BCUT2D eigenvalue weighted by Crippen LogP contribution is -2.25. The van der Waals surface area contributed by atoms with Crippen LogP contribution in [0.3, 0.4) is 0 Å². The zero-order chi connectivity index (χ0) is 42.6. The van der Waals surface area contributed by atoms with Crippen molar-refractivity contribution in [2.75, 3.05) is 4.90 Å². The minimum atomic E-state index is 0.0140. The van der Waals surface area contributed by atoms with Crippen molar-refractivity contribution in [1.29, 1.82) is 0 Å². The van der Waals surface area contributed by atoms with Gasteiger partial charge in [-0.1, -0.05) is 194 Å². The maximum Gasteiger partial charge on any atom is 0.145 e. The first kappa shape index (κ1) is 38.0. The van der Waals surface area contributed by atoms with Gasteiger partial charge in [-0.15, -0.1) is 0 Å². The van der Waals surface area contributed by atoms with E-state index in [2.05, 4.69) is 200 Å². The monoisotopic (exact) mass is 805 g/mol. The van der Waals surface area contributed by atoms with Crippen molar-refractivity contribution in [2.45, 2.75) is 0 Å². The normalized spacial score (nSPS) is 11.4. The van der Waals surface area contributed by atoms with E-state index in [1.54, 1.807) is 0 Å². The highest BCUT2D eigenvalue weighted by Crippen LogP contribution is 2.51. The highest BCUT2D eigenvalue weighted by Gasteiger charge is 2.30. The van der Waals surface area contributed by atoms with Crippen molar-refractivity contribution in [2.24, 2.45) is 0 Å². The van der Waals surface area contributed by atoms with E-state index in [0.29, 0.717) is 16.6 Å². The minimum absolute atomic E-state index is 0.0140. The Labute approximate surface area is 368 Å². The molecule has 0 aromatic heterocycles.